The molecule has 0 saturated carbocycles. The molecule has 1 aromatic carbocycles. The lowest BCUT2D eigenvalue weighted by Gasteiger charge is -2.37. The van der Waals surface area contributed by atoms with E-state index >= 15 is 0 Å². The number of nitrogens with zero attached hydrogens (tertiary/aromatic N) is 1. The maximum absolute atomic E-state index is 13.1. The molecule has 0 unspecified atom stereocenters. The Kier molecular flexibility index (Phi) is 4.92. The van der Waals surface area contributed by atoms with Gasteiger partial charge in [0.25, 0.3) is 0 Å². The van der Waals surface area contributed by atoms with Gasteiger partial charge < -0.3 is 14.7 Å². The van der Waals surface area contributed by atoms with Crippen molar-refractivity contribution in [2.24, 2.45) is 5.92 Å². The van der Waals surface area contributed by atoms with Crippen molar-refractivity contribution in [2.75, 3.05) is 13.1 Å². The summed E-state index contributed by atoms with van der Waals surface area (Å²) in [4.78, 5) is 25.2. The van der Waals surface area contributed by atoms with Gasteiger partial charge in [0.1, 0.15) is 11.4 Å². The van der Waals surface area contributed by atoms with Crippen LogP contribution in [0.1, 0.15) is 38.7 Å². The van der Waals surface area contributed by atoms with Crippen molar-refractivity contribution >= 4 is 12.1 Å². The molecule has 1 aromatic rings. The fourth-order valence-electron chi connectivity index (χ4n) is 2.79. The third-order valence-electron chi connectivity index (χ3n) is 3.88. The minimum atomic E-state index is -0.900. The van der Waals surface area contributed by atoms with E-state index in [1.165, 1.54) is 17.0 Å². The molecule has 0 aromatic heterocycles. The topological polar surface area (TPSA) is 66.8 Å². The third-order valence-corrected chi connectivity index (χ3v) is 3.88. The number of carboxylic acids is 1. The Balaban J connectivity index is 2.19. The molecule has 1 heterocycles. The summed E-state index contributed by atoms with van der Waals surface area (Å²) in [5, 5.41) is 9.43. The van der Waals surface area contributed by atoms with Gasteiger partial charge >= 0.3 is 12.1 Å². The zero-order chi connectivity index (χ0) is 17.2. The number of carboxylic acid groups (broad SMARTS) is 1. The molecule has 2 atom stereocenters. The second-order valence-corrected chi connectivity index (χ2v) is 6.82. The smallest absolute Gasteiger partial charge is 0.410 e. The van der Waals surface area contributed by atoms with E-state index < -0.39 is 23.6 Å². The van der Waals surface area contributed by atoms with E-state index in [0.29, 0.717) is 18.5 Å². The van der Waals surface area contributed by atoms with Gasteiger partial charge in [-0.15, -0.1) is 0 Å². The van der Waals surface area contributed by atoms with Crippen LogP contribution >= 0.6 is 0 Å². The van der Waals surface area contributed by atoms with Crippen molar-refractivity contribution < 1.29 is 23.8 Å². The number of carbonyl (C=O) groups excluding carboxylic acids is 1. The number of halogens is 1. The van der Waals surface area contributed by atoms with Gasteiger partial charge in [0, 0.05) is 19.0 Å². The predicted molar refractivity (Wildman–Crippen MR) is 82.7 cm³/mol. The van der Waals surface area contributed by atoms with Crippen LogP contribution in [0.2, 0.25) is 0 Å². The molecule has 0 spiro atoms. The molecule has 23 heavy (non-hydrogen) atoms. The molecule has 1 fully saturated rings. The highest BCUT2D eigenvalue weighted by Crippen LogP contribution is 2.33. The fraction of sp³-hybridized carbons (Fsp3) is 0.529. The van der Waals surface area contributed by atoms with Gasteiger partial charge in [0.15, 0.2) is 0 Å². The first-order chi connectivity index (χ1) is 10.7. The molecular formula is C17H22FNO4. The van der Waals surface area contributed by atoms with Crippen LogP contribution in [0.15, 0.2) is 24.3 Å². The summed E-state index contributed by atoms with van der Waals surface area (Å²) in [6.07, 6.45) is -0.107. The molecule has 1 amide bonds. The monoisotopic (exact) mass is 323 g/mol. The fourth-order valence-corrected chi connectivity index (χ4v) is 2.79. The van der Waals surface area contributed by atoms with E-state index in [2.05, 4.69) is 0 Å². The van der Waals surface area contributed by atoms with E-state index in [9.17, 15) is 19.1 Å². The quantitative estimate of drug-likeness (QED) is 0.907. The Morgan fingerprint density at radius 1 is 1.26 bits per heavy atom. The summed E-state index contributed by atoms with van der Waals surface area (Å²) < 4.78 is 18.5. The highest BCUT2D eigenvalue weighted by atomic mass is 19.1. The molecule has 0 radical (unpaired) electrons. The van der Waals surface area contributed by atoms with Crippen LogP contribution in [0.5, 0.6) is 0 Å². The summed E-state index contributed by atoms with van der Waals surface area (Å²) in [5.41, 5.74) is 0.110. The molecule has 5 nitrogen and oxygen atoms in total. The highest BCUT2D eigenvalue weighted by Gasteiger charge is 2.37. The Labute approximate surface area is 135 Å². The molecule has 1 saturated heterocycles. The molecule has 1 aliphatic heterocycles. The summed E-state index contributed by atoms with van der Waals surface area (Å²) in [7, 11) is 0. The molecule has 0 bridgehead atoms. The van der Waals surface area contributed by atoms with Crippen LogP contribution in [0.25, 0.3) is 0 Å². The normalized spacial score (nSPS) is 21.8. The zero-order valence-electron chi connectivity index (χ0n) is 13.6. The second-order valence-electron chi connectivity index (χ2n) is 6.82. The van der Waals surface area contributed by atoms with Crippen molar-refractivity contribution in [3.63, 3.8) is 0 Å². The lowest BCUT2D eigenvalue weighted by molar-refractivity contribution is -0.144. The van der Waals surface area contributed by atoms with E-state index in [4.69, 9.17) is 4.74 Å². The van der Waals surface area contributed by atoms with E-state index in [-0.39, 0.29) is 18.3 Å². The Morgan fingerprint density at radius 3 is 2.39 bits per heavy atom. The average molecular weight is 323 g/mol. The molecule has 1 N–H and O–H groups in total. The van der Waals surface area contributed by atoms with Gasteiger partial charge in [-0.25, -0.2) is 9.18 Å². The number of carbonyl (C=O) groups is 2. The van der Waals surface area contributed by atoms with Crippen LogP contribution < -0.4 is 0 Å². The molecular weight excluding hydrogens is 301 g/mol. The third kappa shape index (κ3) is 4.43. The summed E-state index contributed by atoms with van der Waals surface area (Å²) in [6.45, 7) is 5.94. The molecule has 126 valence electrons. The van der Waals surface area contributed by atoms with Crippen molar-refractivity contribution in [1.82, 2.24) is 4.90 Å². The van der Waals surface area contributed by atoms with Gasteiger partial charge in [-0.1, -0.05) is 12.1 Å². The number of benzene rings is 1. The highest BCUT2D eigenvalue weighted by molar-refractivity contribution is 5.73. The summed E-state index contributed by atoms with van der Waals surface area (Å²) in [5.74, 6) is -2.25. The molecule has 0 aliphatic carbocycles. The maximum Gasteiger partial charge on any atom is 0.410 e. The van der Waals surface area contributed by atoms with Gasteiger partial charge in [-0.05, 0) is 44.9 Å². The van der Waals surface area contributed by atoms with Gasteiger partial charge in [-0.3, -0.25) is 4.79 Å². The summed E-state index contributed by atoms with van der Waals surface area (Å²) in [6, 6.07) is 5.77. The number of likely N-dealkylation sites (tertiary alicyclic amines) is 1. The molecule has 2 rings (SSSR count). The number of ether oxygens (including phenoxy) is 1. The van der Waals surface area contributed by atoms with Crippen LogP contribution in [-0.4, -0.2) is 40.8 Å². The lowest BCUT2D eigenvalue weighted by Crippen LogP contribution is -2.46. The van der Waals surface area contributed by atoms with Gasteiger partial charge in [-0.2, -0.15) is 0 Å². The number of aliphatic carboxylic acids is 1. The van der Waals surface area contributed by atoms with E-state index in [0.717, 1.165) is 0 Å². The largest absolute Gasteiger partial charge is 0.481 e. The predicted octanol–water partition coefficient (Wildman–Crippen LogP) is 3.25. The van der Waals surface area contributed by atoms with Gasteiger partial charge in [0.2, 0.25) is 0 Å². The van der Waals surface area contributed by atoms with Crippen LogP contribution in [0.3, 0.4) is 0 Å². The SMILES string of the molecule is CC(C)(C)OC(=O)N1CC[C@@H](C(=O)O)[C@@H](c2ccc(F)cc2)C1. The van der Waals surface area contributed by atoms with Crippen molar-refractivity contribution in [3.8, 4) is 0 Å². The maximum atomic E-state index is 13.1. The summed E-state index contributed by atoms with van der Waals surface area (Å²) >= 11 is 0. The average Bonchev–Trinajstić information content (AvgIpc) is 2.45. The number of hydrogen-bond acceptors (Lipinski definition) is 3. The minimum Gasteiger partial charge on any atom is -0.481 e. The minimum absolute atomic E-state index is 0.248. The molecule has 6 heteroatoms. The van der Waals surface area contributed by atoms with Gasteiger partial charge in [0.05, 0.1) is 5.92 Å². The number of rotatable bonds is 2. The van der Waals surface area contributed by atoms with Crippen LogP contribution in [-0.2, 0) is 9.53 Å². The lowest BCUT2D eigenvalue weighted by atomic mass is 9.81. The number of piperidine rings is 1. The van der Waals surface area contributed by atoms with Crippen LogP contribution in [0, 0.1) is 11.7 Å². The number of amides is 1. The van der Waals surface area contributed by atoms with Crippen molar-refractivity contribution in [2.45, 2.75) is 38.7 Å². The van der Waals surface area contributed by atoms with E-state index in [1.54, 1.807) is 32.9 Å². The first-order valence-corrected chi connectivity index (χ1v) is 7.63. The Morgan fingerprint density at radius 2 is 1.87 bits per heavy atom. The Hall–Kier alpha value is -2.11. The Bertz CT molecular complexity index is 579. The number of hydrogen-bond donors (Lipinski definition) is 1. The van der Waals surface area contributed by atoms with E-state index in [1.807, 2.05) is 0 Å². The second kappa shape index (κ2) is 6.56. The standard InChI is InChI=1S/C17H22FNO4/c1-17(2,3)23-16(22)19-9-8-13(15(20)21)14(10-19)11-4-6-12(18)7-5-11/h4-7,13-14H,8-10H2,1-3H3,(H,20,21)/t13-,14-/m1/s1. The first kappa shape index (κ1) is 17.2. The van der Waals surface area contributed by atoms with Crippen molar-refractivity contribution in [3.05, 3.63) is 35.6 Å². The first-order valence-electron chi connectivity index (χ1n) is 7.63. The van der Waals surface area contributed by atoms with Crippen molar-refractivity contribution in [1.29, 1.82) is 0 Å². The molecule has 1 aliphatic rings. The zero-order valence-corrected chi connectivity index (χ0v) is 13.6. The van der Waals surface area contributed by atoms with Crippen LogP contribution in [0.4, 0.5) is 9.18 Å².